The van der Waals surface area contributed by atoms with Gasteiger partial charge in [-0.25, -0.2) is 0 Å². The summed E-state index contributed by atoms with van der Waals surface area (Å²) in [6.45, 7) is 5.79. The molecule has 1 N–H and O–H groups in total. The zero-order chi connectivity index (χ0) is 16.0. The van der Waals surface area contributed by atoms with Crippen LogP contribution in [0, 0.1) is 5.92 Å². The second kappa shape index (κ2) is 7.67. The minimum absolute atomic E-state index is 0.130. The van der Waals surface area contributed by atoms with Crippen LogP contribution in [0.1, 0.15) is 37.6 Å². The van der Waals surface area contributed by atoms with Gasteiger partial charge in [0.15, 0.2) is 0 Å². The van der Waals surface area contributed by atoms with Gasteiger partial charge in [0.05, 0.1) is 12.0 Å². The Labute approximate surface area is 125 Å². The second-order valence-electron chi connectivity index (χ2n) is 5.29. The van der Waals surface area contributed by atoms with Crippen LogP contribution in [0.5, 0.6) is 5.75 Å². The van der Waals surface area contributed by atoms with Crippen LogP contribution >= 0.6 is 0 Å². The maximum absolute atomic E-state index is 12.2. The predicted octanol–water partition coefficient (Wildman–Crippen LogP) is 2.66. The monoisotopic (exact) mass is 293 g/mol. The van der Waals surface area contributed by atoms with Gasteiger partial charge in [-0.15, -0.1) is 0 Å². The average molecular weight is 293 g/mol. The molecule has 0 aliphatic rings. The van der Waals surface area contributed by atoms with Gasteiger partial charge in [0, 0.05) is 19.2 Å². The summed E-state index contributed by atoms with van der Waals surface area (Å²) in [6, 6.07) is 6.91. The third kappa shape index (κ3) is 5.10. The lowest BCUT2D eigenvalue weighted by atomic mass is 10.1. The molecule has 0 spiro atoms. The highest BCUT2D eigenvalue weighted by Crippen LogP contribution is 2.16. The molecule has 0 saturated heterocycles. The fraction of sp³-hybridized carbons (Fsp3) is 0.500. The molecule has 0 aliphatic heterocycles. The maximum atomic E-state index is 12.2. The van der Waals surface area contributed by atoms with Crippen molar-refractivity contribution in [3.8, 4) is 5.75 Å². The lowest BCUT2D eigenvalue weighted by molar-refractivity contribution is -0.141. The zero-order valence-electron chi connectivity index (χ0n) is 13.0. The van der Waals surface area contributed by atoms with E-state index >= 15 is 0 Å². The number of nitrogens with zero attached hydrogens (tertiary/aromatic N) is 1. The number of ether oxygens (including phenoxy) is 1. The summed E-state index contributed by atoms with van der Waals surface area (Å²) >= 11 is 0. The van der Waals surface area contributed by atoms with Gasteiger partial charge in [0.2, 0.25) is 0 Å². The number of amides is 1. The highest BCUT2D eigenvalue weighted by Gasteiger charge is 2.18. The molecule has 5 heteroatoms. The Kier molecular flexibility index (Phi) is 6.21. The Hall–Kier alpha value is -2.04. The molecular weight excluding hydrogens is 270 g/mol. The third-order valence-electron chi connectivity index (χ3n) is 3.33. The number of rotatable bonds is 7. The molecule has 1 amide bonds. The number of hydrogen-bond acceptors (Lipinski definition) is 3. The summed E-state index contributed by atoms with van der Waals surface area (Å²) in [5.74, 6) is -0.973. The molecule has 5 nitrogen and oxygen atoms in total. The Morgan fingerprint density at radius 1 is 1.24 bits per heavy atom. The van der Waals surface area contributed by atoms with E-state index in [1.807, 2.05) is 13.8 Å². The van der Waals surface area contributed by atoms with E-state index < -0.39 is 11.9 Å². The molecule has 0 heterocycles. The summed E-state index contributed by atoms with van der Waals surface area (Å²) in [5, 5.41) is 8.87. The first-order valence-corrected chi connectivity index (χ1v) is 7.10. The molecule has 0 radical (unpaired) electrons. The second-order valence-corrected chi connectivity index (χ2v) is 5.29. The third-order valence-corrected chi connectivity index (χ3v) is 3.33. The summed E-state index contributed by atoms with van der Waals surface area (Å²) in [6.07, 6.45) is 1.04. The van der Waals surface area contributed by atoms with Crippen molar-refractivity contribution in [2.45, 2.75) is 33.3 Å². The van der Waals surface area contributed by atoms with Gasteiger partial charge in [0.1, 0.15) is 5.75 Å². The van der Waals surface area contributed by atoms with Crippen LogP contribution < -0.4 is 4.74 Å². The average Bonchev–Trinajstić information content (AvgIpc) is 2.46. The molecule has 116 valence electrons. The van der Waals surface area contributed by atoms with Crippen molar-refractivity contribution < 1.29 is 19.4 Å². The molecule has 0 bridgehead atoms. The van der Waals surface area contributed by atoms with Gasteiger partial charge >= 0.3 is 5.97 Å². The van der Waals surface area contributed by atoms with Gasteiger partial charge in [-0.05, 0) is 37.6 Å². The van der Waals surface area contributed by atoms with Crippen LogP contribution in [0.2, 0.25) is 0 Å². The summed E-state index contributed by atoms with van der Waals surface area (Å²) in [4.78, 5) is 24.4. The molecule has 1 rings (SSSR count). The smallest absolute Gasteiger partial charge is 0.308 e. The van der Waals surface area contributed by atoms with Crippen molar-refractivity contribution >= 4 is 11.9 Å². The van der Waals surface area contributed by atoms with Crippen LogP contribution in [0.4, 0.5) is 0 Å². The number of carbonyl (C=O) groups is 2. The molecule has 2 atom stereocenters. The number of carbonyl (C=O) groups excluding carboxylic acids is 1. The molecular formula is C16H23NO4. The summed E-state index contributed by atoms with van der Waals surface area (Å²) < 4.78 is 5.65. The van der Waals surface area contributed by atoms with E-state index in [2.05, 4.69) is 0 Å². The van der Waals surface area contributed by atoms with Crippen LogP contribution in [0.25, 0.3) is 0 Å². The molecule has 2 unspecified atom stereocenters. The van der Waals surface area contributed by atoms with Crippen molar-refractivity contribution in [3.05, 3.63) is 29.8 Å². The van der Waals surface area contributed by atoms with Crippen molar-refractivity contribution in [1.82, 2.24) is 4.90 Å². The summed E-state index contributed by atoms with van der Waals surface area (Å²) in [5.41, 5.74) is 0.520. The Bertz CT molecular complexity index is 484. The predicted molar refractivity (Wildman–Crippen MR) is 80.6 cm³/mol. The van der Waals surface area contributed by atoms with Crippen molar-refractivity contribution in [2.75, 3.05) is 13.6 Å². The summed E-state index contributed by atoms with van der Waals surface area (Å²) in [7, 11) is 1.60. The van der Waals surface area contributed by atoms with Gasteiger partial charge < -0.3 is 14.7 Å². The Morgan fingerprint density at radius 2 is 1.81 bits per heavy atom. The van der Waals surface area contributed by atoms with Crippen molar-refractivity contribution in [1.29, 1.82) is 0 Å². The van der Waals surface area contributed by atoms with Crippen LogP contribution in [-0.4, -0.2) is 41.6 Å². The van der Waals surface area contributed by atoms with Crippen molar-refractivity contribution in [3.63, 3.8) is 0 Å². The number of carboxylic acid groups (broad SMARTS) is 1. The first kappa shape index (κ1) is 17.0. The first-order valence-electron chi connectivity index (χ1n) is 7.10. The van der Waals surface area contributed by atoms with E-state index in [1.54, 1.807) is 38.2 Å². The minimum Gasteiger partial charge on any atom is -0.491 e. The largest absolute Gasteiger partial charge is 0.491 e. The van der Waals surface area contributed by atoms with Crippen LogP contribution in [0.3, 0.4) is 0 Å². The number of aliphatic carboxylic acids is 1. The molecule has 1 aromatic carbocycles. The topological polar surface area (TPSA) is 66.8 Å². The first-order chi connectivity index (χ1) is 9.85. The highest BCUT2D eigenvalue weighted by molar-refractivity contribution is 5.94. The normalized spacial score (nSPS) is 13.3. The van der Waals surface area contributed by atoms with Crippen LogP contribution in [-0.2, 0) is 4.79 Å². The van der Waals surface area contributed by atoms with E-state index in [1.165, 1.54) is 4.90 Å². The number of carboxylic acids is 1. The van der Waals surface area contributed by atoms with E-state index in [4.69, 9.17) is 9.84 Å². The Balaban J connectivity index is 2.68. The molecule has 1 aromatic rings. The molecule has 0 aliphatic carbocycles. The SMILES string of the molecule is CCC(C)Oc1ccc(C(=O)N(C)CC(C)C(=O)O)cc1. The molecule has 0 saturated carbocycles. The van der Waals surface area contributed by atoms with Gasteiger partial charge in [-0.3, -0.25) is 9.59 Å². The van der Waals surface area contributed by atoms with E-state index in [9.17, 15) is 9.59 Å². The maximum Gasteiger partial charge on any atom is 0.308 e. The highest BCUT2D eigenvalue weighted by atomic mass is 16.5. The van der Waals surface area contributed by atoms with Crippen LogP contribution in [0.15, 0.2) is 24.3 Å². The fourth-order valence-corrected chi connectivity index (χ4v) is 1.78. The van der Waals surface area contributed by atoms with Crippen molar-refractivity contribution in [2.24, 2.45) is 5.92 Å². The quantitative estimate of drug-likeness (QED) is 0.839. The fourth-order valence-electron chi connectivity index (χ4n) is 1.78. The number of benzene rings is 1. The molecule has 0 aromatic heterocycles. The van der Waals surface area contributed by atoms with E-state index in [-0.39, 0.29) is 18.6 Å². The lowest BCUT2D eigenvalue weighted by Gasteiger charge is -2.20. The molecule has 21 heavy (non-hydrogen) atoms. The standard InChI is InChI=1S/C16H23NO4/c1-5-12(3)21-14-8-6-13(7-9-14)15(18)17(4)10-11(2)16(19)20/h6-9,11-12H,5,10H2,1-4H3,(H,19,20). The van der Waals surface area contributed by atoms with E-state index in [0.717, 1.165) is 12.2 Å². The Morgan fingerprint density at radius 3 is 2.29 bits per heavy atom. The van der Waals surface area contributed by atoms with Gasteiger partial charge in [-0.2, -0.15) is 0 Å². The minimum atomic E-state index is -0.910. The lowest BCUT2D eigenvalue weighted by Crippen LogP contribution is -2.33. The van der Waals surface area contributed by atoms with Gasteiger partial charge in [-0.1, -0.05) is 13.8 Å². The number of hydrogen-bond donors (Lipinski definition) is 1. The molecule has 0 fully saturated rings. The van der Waals surface area contributed by atoms with E-state index in [0.29, 0.717) is 5.56 Å². The van der Waals surface area contributed by atoms with Gasteiger partial charge in [0.25, 0.3) is 5.91 Å². The zero-order valence-corrected chi connectivity index (χ0v) is 13.0.